The van der Waals surface area contributed by atoms with Crippen LogP contribution >= 0.6 is 0 Å². The number of ether oxygens (including phenoxy) is 1. The van der Waals surface area contributed by atoms with Crippen molar-refractivity contribution in [1.82, 2.24) is 9.80 Å². The fourth-order valence-corrected chi connectivity index (χ4v) is 5.10. The molecule has 1 saturated heterocycles. The van der Waals surface area contributed by atoms with Crippen LogP contribution in [0.2, 0.25) is 0 Å². The summed E-state index contributed by atoms with van der Waals surface area (Å²) in [4.78, 5) is 46.1. The van der Waals surface area contributed by atoms with Crippen LogP contribution in [0.5, 0.6) is 5.75 Å². The molecule has 0 aliphatic carbocycles. The summed E-state index contributed by atoms with van der Waals surface area (Å²) in [5, 5.41) is 11.5. The van der Waals surface area contributed by atoms with Gasteiger partial charge in [-0.25, -0.2) is 0 Å². The first-order valence-corrected chi connectivity index (χ1v) is 12.5. The second kappa shape index (κ2) is 10.6. The zero-order valence-electron chi connectivity index (χ0n) is 21.6. The van der Waals surface area contributed by atoms with E-state index in [1.165, 1.54) is 9.80 Å². The molecule has 2 heterocycles. The average molecular weight is 504 g/mol. The van der Waals surface area contributed by atoms with Gasteiger partial charge in [0.2, 0.25) is 0 Å². The molecule has 0 bridgehead atoms. The molecular weight excluding hydrogens is 470 g/mol. The molecule has 0 aromatic heterocycles. The SMILES string of the molecule is C=CCN1C(=O)C2(C(=C(O)c3ccc(OCCC)cc3)C(=O)C(=O)N2CCCN(C)C)c2ccccc21. The number of likely N-dealkylation sites (tertiary alicyclic amines) is 1. The Balaban J connectivity index is 1.92. The molecule has 1 spiro atoms. The number of hydrogen-bond donors (Lipinski definition) is 1. The molecule has 194 valence electrons. The van der Waals surface area contributed by atoms with Crippen molar-refractivity contribution in [2.45, 2.75) is 25.3 Å². The molecule has 1 unspecified atom stereocenters. The number of aliphatic hydroxyl groups excluding tert-OH is 1. The molecule has 2 aliphatic rings. The molecule has 1 atom stereocenters. The van der Waals surface area contributed by atoms with E-state index < -0.39 is 23.1 Å². The zero-order chi connectivity index (χ0) is 26.7. The van der Waals surface area contributed by atoms with Crippen LogP contribution in [0.25, 0.3) is 5.76 Å². The van der Waals surface area contributed by atoms with Gasteiger partial charge >= 0.3 is 0 Å². The number of hydrogen-bond acceptors (Lipinski definition) is 6. The van der Waals surface area contributed by atoms with E-state index in [0.29, 0.717) is 42.1 Å². The van der Waals surface area contributed by atoms with Gasteiger partial charge in [0.25, 0.3) is 17.6 Å². The number of ketones is 1. The Morgan fingerprint density at radius 3 is 2.46 bits per heavy atom. The Labute approximate surface area is 217 Å². The number of rotatable bonds is 10. The molecule has 0 radical (unpaired) electrons. The summed E-state index contributed by atoms with van der Waals surface area (Å²) < 4.78 is 5.63. The molecule has 2 amide bonds. The zero-order valence-corrected chi connectivity index (χ0v) is 21.6. The van der Waals surface area contributed by atoms with Gasteiger partial charge in [-0.05, 0) is 63.8 Å². The molecule has 1 fully saturated rings. The van der Waals surface area contributed by atoms with Crippen LogP contribution < -0.4 is 9.64 Å². The average Bonchev–Trinajstić information content (AvgIpc) is 3.26. The number of benzene rings is 2. The highest BCUT2D eigenvalue weighted by Gasteiger charge is 2.66. The fraction of sp³-hybridized carbons (Fsp3) is 0.345. The van der Waals surface area contributed by atoms with E-state index in [1.807, 2.05) is 25.9 Å². The van der Waals surface area contributed by atoms with Gasteiger partial charge < -0.3 is 24.5 Å². The Morgan fingerprint density at radius 1 is 1.11 bits per heavy atom. The minimum Gasteiger partial charge on any atom is -0.507 e. The van der Waals surface area contributed by atoms with Crippen molar-refractivity contribution < 1.29 is 24.2 Å². The minimum atomic E-state index is -1.76. The van der Waals surface area contributed by atoms with Gasteiger partial charge in [-0.1, -0.05) is 31.2 Å². The predicted octanol–water partition coefficient (Wildman–Crippen LogP) is 3.54. The number of carbonyl (C=O) groups is 3. The number of amides is 2. The molecule has 2 aromatic rings. The molecular formula is C29H33N3O5. The lowest BCUT2D eigenvalue weighted by atomic mass is 9.82. The molecule has 37 heavy (non-hydrogen) atoms. The van der Waals surface area contributed by atoms with Crippen molar-refractivity contribution in [3.63, 3.8) is 0 Å². The smallest absolute Gasteiger partial charge is 0.296 e. The first-order chi connectivity index (χ1) is 17.8. The topological polar surface area (TPSA) is 90.4 Å². The molecule has 2 aliphatic heterocycles. The van der Waals surface area contributed by atoms with Crippen LogP contribution in [0.15, 0.2) is 66.8 Å². The quantitative estimate of drug-likeness (QED) is 0.231. The van der Waals surface area contributed by atoms with E-state index in [0.717, 1.165) is 6.42 Å². The standard InChI is InChI=1S/C29H33N3O5/c1-5-16-31-23-11-8-7-10-22(23)29(28(31)36)24(26(34)27(35)32(29)18-9-17-30(3)4)25(33)20-12-14-21(15-13-20)37-19-6-2/h5,7-8,10-15,33H,1,6,9,16-19H2,2-4H3. The molecule has 1 N–H and O–H groups in total. The first kappa shape index (κ1) is 26.2. The van der Waals surface area contributed by atoms with Crippen LogP contribution in [0.4, 0.5) is 5.69 Å². The second-order valence-corrected chi connectivity index (χ2v) is 9.47. The Morgan fingerprint density at radius 2 is 1.81 bits per heavy atom. The third-order valence-corrected chi connectivity index (χ3v) is 6.71. The maximum atomic E-state index is 14.2. The highest BCUT2D eigenvalue weighted by Crippen LogP contribution is 2.53. The van der Waals surface area contributed by atoms with Gasteiger partial charge in [-0.2, -0.15) is 0 Å². The van der Waals surface area contributed by atoms with Crippen LogP contribution in [0.3, 0.4) is 0 Å². The van der Waals surface area contributed by atoms with Gasteiger partial charge in [0.1, 0.15) is 11.5 Å². The monoisotopic (exact) mass is 503 g/mol. The minimum absolute atomic E-state index is 0.172. The van der Waals surface area contributed by atoms with Crippen molar-refractivity contribution in [2.75, 3.05) is 45.2 Å². The molecule has 2 aromatic carbocycles. The van der Waals surface area contributed by atoms with Gasteiger partial charge in [0.05, 0.1) is 17.9 Å². The van der Waals surface area contributed by atoms with Crippen LogP contribution in [0.1, 0.15) is 30.9 Å². The maximum Gasteiger partial charge on any atom is 0.296 e. The van der Waals surface area contributed by atoms with E-state index >= 15 is 0 Å². The van der Waals surface area contributed by atoms with E-state index in [1.54, 1.807) is 54.6 Å². The van der Waals surface area contributed by atoms with Crippen molar-refractivity contribution in [2.24, 2.45) is 0 Å². The number of carbonyl (C=O) groups excluding carboxylic acids is 3. The predicted molar refractivity (Wildman–Crippen MR) is 142 cm³/mol. The summed E-state index contributed by atoms with van der Waals surface area (Å²) in [7, 11) is 3.83. The van der Waals surface area contributed by atoms with Crippen LogP contribution in [-0.2, 0) is 19.9 Å². The van der Waals surface area contributed by atoms with E-state index in [9.17, 15) is 19.5 Å². The van der Waals surface area contributed by atoms with Gasteiger partial charge in [0.15, 0.2) is 5.54 Å². The third kappa shape index (κ3) is 4.31. The molecule has 8 heteroatoms. The number of fused-ring (bicyclic) bond motifs is 2. The Kier molecular flexibility index (Phi) is 7.50. The Hall–Kier alpha value is -3.91. The lowest BCUT2D eigenvalue weighted by Gasteiger charge is -2.34. The second-order valence-electron chi connectivity index (χ2n) is 9.47. The number of nitrogens with zero attached hydrogens (tertiary/aromatic N) is 3. The summed E-state index contributed by atoms with van der Waals surface area (Å²) in [6.07, 6.45) is 2.99. The van der Waals surface area contributed by atoms with Crippen molar-refractivity contribution in [3.05, 3.63) is 77.9 Å². The Bertz CT molecular complexity index is 1250. The number of anilines is 1. The maximum absolute atomic E-state index is 14.2. The fourth-order valence-electron chi connectivity index (χ4n) is 5.10. The summed E-state index contributed by atoms with van der Waals surface area (Å²) in [6, 6.07) is 13.7. The lowest BCUT2D eigenvalue weighted by molar-refractivity contribution is -0.143. The number of para-hydroxylation sites is 1. The number of aliphatic hydroxyl groups is 1. The van der Waals surface area contributed by atoms with Crippen LogP contribution in [-0.4, -0.2) is 72.8 Å². The van der Waals surface area contributed by atoms with E-state index in [4.69, 9.17) is 4.74 Å². The summed E-state index contributed by atoms with van der Waals surface area (Å²) in [5.41, 5.74) is -0.575. The molecule has 8 nitrogen and oxygen atoms in total. The van der Waals surface area contributed by atoms with E-state index in [-0.39, 0.29) is 24.4 Å². The number of Topliss-reactive ketones (excluding diaryl/α,β-unsaturated/α-hetero) is 1. The normalized spacial score (nSPS) is 20.3. The van der Waals surface area contributed by atoms with Crippen molar-refractivity contribution >= 4 is 29.0 Å². The third-order valence-electron chi connectivity index (χ3n) is 6.71. The lowest BCUT2D eigenvalue weighted by Crippen LogP contribution is -2.52. The summed E-state index contributed by atoms with van der Waals surface area (Å²) in [5.74, 6) is -1.90. The highest BCUT2D eigenvalue weighted by atomic mass is 16.5. The molecule has 4 rings (SSSR count). The van der Waals surface area contributed by atoms with Crippen LogP contribution in [0, 0.1) is 0 Å². The van der Waals surface area contributed by atoms with Gasteiger partial charge in [-0.3, -0.25) is 14.4 Å². The van der Waals surface area contributed by atoms with Crippen molar-refractivity contribution in [3.8, 4) is 5.75 Å². The largest absolute Gasteiger partial charge is 0.507 e. The summed E-state index contributed by atoms with van der Waals surface area (Å²) in [6.45, 7) is 7.36. The van der Waals surface area contributed by atoms with E-state index in [2.05, 4.69) is 6.58 Å². The molecule has 0 saturated carbocycles. The highest BCUT2D eigenvalue weighted by molar-refractivity contribution is 6.50. The first-order valence-electron chi connectivity index (χ1n) is 12.5. The van der Waals surface area contributed by atoms with Gasteiger partial charge in [-0.15, -0.1) is 6.58 Å². The van der Waals surface area contributed by atoms with Crippen molar-refractivity contribution in [1.29, 1.82) is 0 Å². The van der Waals surface area contributed by atoms with Gasteiger partial charge in [0, 0.05) is 24.2 Å². The summed E-state index contributed by atoms with van der Waals surface area (Å²) >= 11 is 0.